The Balaban J connectivity index is 1.49. The molecule has 2 heterocycles. The summed E-state index contributed by atoms with van der Waals surface area (Å²) in [6, 6.07) is 16.1. The van der Waals surface area contributed by atoms with Crippen LogP contribution in [0.2, 0.25) is 0 Å². The first kappa shape index (κ1) is 20.3. The molecule has 30 heavy (non-hydrogen) atoms. The standard InChI is InChI=1S/C23H29N5O2/c1-5-28-20-10-9-18(30-4)12-16(20)13-21(28)19-14-22(26-25-19)24-23(29)15-7-6-8-17(11-15)27(2)3/h6-13,19,22,25-26H,5,14H2,1-4H3,(H,24,29). The largest absolute Gasteiger partial charge is 0.497 e. The number of amides is 1. The maximum absolute atomic E-state index is 12.7. The van der Waals surface area contributed by atoms with Gasteiger partial charge in [0.2, 0.25) is 0 Å². The SMILES string of the molecule is CCn1c(C2CC(NC(=O)c3cccc(N(C)C)c3)NN2)cc2cc(OC)ccc21. The molecule has 2 atom stereocenters. The molecule has 7 heteroatoms. The lowest BCUT2D eigenvalue weighted by Gasteiger charge is -2.16. The lowest BCUT2D eigenvalue weighted by molar-refractivity contribution is 0.0932. The van der Waals surface area contributed by atoms with Crippen LogP contribution >= 0.6 is 0 Å². The van der Waals surface area contributed by atoms with Crippen molar-refractivity contribution >= 4 is 22.5 Å². The summed E-state index contributed by atoms with van der Waals surface area (Å²) in [6.07, 6.45) is 0.607. The van der Waals surface area contributed by atoms with E-state index in [1.165, 1.54) is 11.2 Å². The van der Waals surface area contributed by atoms with Gasteiger partial charge in [-0.3, -0.25) is 4.79 Å². The van der Waals surface area contributed by atoms with Crippen molar-refractivity contribution in [2.45, 2.75) is 32.1 Å². The van der Waals surface area contributed by atoms with E-state index in [1.54, 1.807) is 7.11 Å². The number of carbonyl (C=O) groups is 1. The third kappa shape index (κ3) is 3.86. The number of rotatable bonds is 6. The van der Waals surface area contributed by atoms with E-state index in [0.29, 0.717) is 5.56 Å². The van der Waals surface area contributed by atoms with Crippen LogP contribution in [0, 0.1) is 0 Å². The Bertz CT molecular complexity index is 1060. The van der Waals surface area contributed by atoms with Gasteiger partial charge in [0.1, 0.15) is 5.75 Å². The number of carbonyl (C=O) groups excluding carboxylic acids is 1. The normalized spacial score (nSPS) is 18.5. The third-order valence-electron chi connectivity index (χ3n) is 5.65. The first-order valence-electron chi connectivity index (χ1n) is 10.3. The number of aromatic nitrogens is 1. The summed E-state index contributed by atoms with van der Waals surface area (Å²) in [5.41, 5.74) is 10.6. The van der Waals surface area contributed by atoms with Gasteiger partial charge < -0.3 is 19.5 Å². The third-order valence-corrected chi connectivity index (χ3v) is 5.65. The zero-order valence-electron chi connectivity index (χ0n) is 17.9. The summed E-state index contributed by atoms with van der Waals surface area (Å²) < 4.78 is 7.67. The second-order valence-corrected chi connectivity index (χ2v) is 7.79. The molecular formula is C23H29N5O2. The fraction of sp³-hybridized carbons (Fsp3) is 0.348. The number of anilines is 1. The van der Waals surface area contributed by atoms with Crippen molar-refractivity contribution in [2.24, 2.45) is 0 Å². The lowest BCUT2D eigenvalue weighted by Crippen LogP contribution is -2.44. The fourth-order valence-electron chi connectivity index (χ4n) is 4.05. The zero-order valence-corrected chi connectivity index (χ0v) is 17.9. The van der Waals surface area contributed by atoms with Crippen molar-refractivity contribution in [1.29, 1.82) is 0 Å². The predicted octanol–water partition coefficient (Wildman–Crippen LogP) is 3.03. The van der Waals surface area contributed by atoms with Crippen molar-refractivity contribution in [3.8, 4) is 5.75 Å². The number of hydrazine groups is 1. The van der Waals surface area contributed by atoms with E-state index in [2.05, 4.69) is 45.9 Å². The van der Waals surface area contributed by atoms with Crippen LogP contribution in [-0.4, -0.2) is 37.8 Å². The molecule has 4 rings (SSSR count). The highest BCUT2D eigenvalue weighted by atomic mass is 16.5. The predicted molar refractivity (Wildman–Crippen MR) is 120 cm³/mol. The first-order chi connectivity index (χ1) is 14.5. The number of ether oxygens (including phenoxy) is 1. The molecule has 1 aliphatic heterocycles. The van der Waals surface area contributed by atoms with E-state index in [1.807, 2.05) is 49.3 Å². The molecule has 7 nitrogen and oxygen atoms in total. The van der Waals surface area contributed by atoms with E-state index in [4.69, 9.17) is 4.74 Å². The highest BCUT2D eigenvalue weighted by Crippen LogP contribution is 2.30. The van der Waals surface area contributed by atoms with Gasteiger partial charge in [-0.15, -0.1) is 0 Å². The second-order valence-electron chi connectivity index (χ2n) is 7.79. The van der Waals surface area contributed by atoms with Gasteiger partial charge in [-0.1, -0.05) is 6.07 Å². The minimum Gasteiger partial charge on any atom is -0.497 e. The Morgan fingerprint density at radius 3 is 2.77 bits per heavy atom. The molecule has 2 unspecified atom stereocenters. The van der Waals surface area contributed by atoms with Crippen LogP contribution in [0.15, 0.2) is 48.5 Å². The average molecular weight is 408 g/mol. The molecule has 3 N–H and O–H groups in total. The molecule has 1 saturated heterocycles. The molecular weight excluding hydrogens is 378 g/mol. The van der Waals surface area contributed by atoms with Gasteiger partial charge in [0, 0.05) is 54.9 Å². The summed E-state index contributed by atoms with van der Waals surface area (Å²) in [5, 5.41) is 4.24. The molecule has 0 radical (unpaired) electrons. The molecule has 1 fully saturated rings. The van der Waals surface area contributed by atoms with E-state index in [9.17, 15) is 4.79 Å². The molecule has 0 saturated carbocycles. The summed E-state index contributed by atoms with van der Waals surface area (Å²) in [6.45, 7) is 3.02. The summed E-state index contributed by atoms with van der Waals surface area (Å²) in [4.78, 5) is 14.7. The topological polar surface area (TPSA) is 70.6 Å². The van der Waals surface area contributed by atoms with Crippen molar-refractivity contribution < 1.29 is 9.53 Å². The second kappa shape index (κ2) is 8.38. The number of hydrogen-bond acceptors (Lipinski definition) is 5. The van der Waals surface area contributed by atoms with Crippen LogP contribution in [0.5, 0.6) is 5.75 Å². The molecule has 0 spiro atoms. The minimum absolute atomic E-state index is 0.0839. The number of hydrogen-bond donors (Lipinski definition) is 3. The summed E-state index contributed by atoms with van der Waals surface area (Å²) in [7, 11) is 5.61. The lowest BCUT2D eigenvalue weighted by atomic mass is 10.1. The van der Waals surface area contributed by atoms with E-state index < -0.39 is 0 Å². The van der Waals surface area contributed by atoms with Gasteiger partial charge in [-0.2, -0.15) is 0 Å². The highest BCUT2D eigenvalue weighted by molar-refractivity contribution is 5.95. The van der Waals surface area contributed by atoms with Gasteiger partial charge in [-0.05, 0) is 49.4 Å². The quantitative estimate of drug-likeness (QED) is 0.586. The van der Waals surface area contributed by atoms with E-state index in [0.717, 1.165) is 29.8 Å². The molecule has 158 valence electrons. The van der Waals surface area contributed by atoms with E-state index in [-0.39, 0.29) is 18.1 Å². The molecule has 1 amide bonds. The van der Waals surface area contributed by atoms with Gasteiger partial charge >= 0.3 is 0 Å². The Labute approximate surface area is 177 Å². The number of benzene rings is 2. The Morgan fingerprint density at radius 2 is 2.03 bits per heavy atom. The van der Waals surface area contributed by atoms with Gasteiger partial charge in [0.15, 0.2) is 0 Å². The maximum Gasteiger partial charge on any atom is 0.252 e. The fourth-order valence-corrected chi connectivity index (χ4v) is 4.05. The summed E-state index contributed by atoms with van der Waals surface area (Å²) >= 11 is 0. The van der Waals surface area contributed by atoms with Crippen LogP contribution in [0.25, 0.3) is 10.9 Å². The zero-order chi connectivity index (χ0) is 21.3. The number of methoxy groups -OCH3 is 1. The van der Waals surface area contributed by atoms with Crippen LogP contribution in [-0.2, 0) is 6.54 Å². The monoisotopic (exact) mass is 407 g/mol. The first-order valence-corrected chi connectivity index (χ1v) is 10.3. The van der Waals surface area contributed by atoms with Gasteiger partial charge in [0.25, 0.3) is 5.91 Å². The molecule has 0 aliphatic carbocycles. The van der Waals surface area contributed by atoms with Crippen LogP contribution in [0.3, 0.4) is 0 Å². The number of fused-ring (bicyclic) bond motifs is 1. The average Bonchev–Trinajstić information content (AvgIpc) is 3.37. The molecule has 0 bridgehead atoms. The summed E-state index contributed by atoms with van der Waals surface area (Å²) in [5.74, 6) is 0.768. The smallest absolute Gasteiger partial charge is 0.252 e. The van der Waals surface area contributed by atoms with Crippen molar-refractivity contribution in [1.82, 2.24) is 20.7 Å². The van der Waals surface area contributed by atoms with Crippen LogP contribution in [0.1, 0.15) is 35.4 Å². The molecule has 1 aliphatic rings. The molecule has 3 aromatic rings. The van der Waals surface area contributed by atoms with Crippen LogP contribution in [0.4, 0.5) is 5.69 Å². The Morgan fingerprint density at radius 1 is 1.20 bits per heavy atom. The Hall–Kier alpha value is -3.03. The van der Waals surface area contributed by atoms with Gasteiger partial charge in [0.05, 0.1) is 19.3 Å². The van der Waals surface area contributed by atoms with Gasteiger partial charge in [-0.25, -0.2) is 10.9 Å². The highest BCUT2D eigenvalue weighted by Gasteiger charge is 2.29. The van der Waals surface area contributed by atoms with E-state index >= 15 is 0 Å². The van der Waals surface area contributed by atoms with Crippen molar-refractivity contribution in [3.05, 3.63) is 59.8 Å². The number of nitrogens with zero attached hydrogens (tertiary/aromatic N) is 2. The Kier molecular flexibility index (Phi) is 5.65. The van der Waals surface area contributed by atoms with Crippen LogP contribution < -0.4 is 25.8 Å². The number of nitrogens with one attached hydrogen (secondary N) is 3. The maximum atomic E-state index is 12.7. The minimum atomic E-state index is -0.150. The molecule has 1 aromatic heterocycles. The van der Waals surface area contributed by atoms with Crippen molar-refractivity contribution in [3.63, 3.8) is 0 Å². The molecule has 2 aromatic carbocycles. The van der Waals surface area contributed by atoms with Crippen molar-refractivity contribution in [2.75, 3.05) is 26.1 Å². The number of aryl methyl sites for hydroxylation is 1.